The Morgan fingerprint density at radius 1 is 1.42 bits per heavy atom. The molecule has 1 aliphatic rings. The van der Waals surface area contributed by atoms with Crippen LogP contribution in [0.5, 0.6) is 0 Å². The van der Waals surface area contributed by atoms with Crippen molar-refractivity contribution in [1.29, 1.82) is 0 Å². The number of ketones is 1. The van der Waals surface area contributed by atoms with Gasteiger partial charge in [0.1, 0.15) is 11.6 Å². The lowest BCUT2D eigenvalue weighted by molar-refractivity contribution is -0.117. The summed E-state index contributed by atoms with van der Waals surface area (Å²) in [5.41, 5.74) is 0.262. The van der Waals surface area contributed by atoms with E-state index >= 15 is 0 Å². The van der Waals surface area contributed by atoms with Crippen LogP contribution in [-0.4, -0.2) is 28.4 Å². The van der Waals surface area contributed by atoms with Gasteiger partial charge in [-0.2, -0.15) is 0 Å². The molecular formula is C14H22INO3. The second kappa shape index (κ2) is 6.24. The van der Waals surface area contributed by atoms with Crippen LogP contribution >= 0.6 is 22.6 Å². The summed E-state index contributed by atoms with van der Waals surface area (Å²) in [5.74, 6) is 0.0116. The summed E-state index contributed by atoms with van der Waals surface area (Å²) in [6.45, 7) is 9.32. The second-order valence-corrected chi connectivity index (χ2v) is 6.83. The molecule has 5 heteroatoms. The molecule has 19 heavy (non-hydrogen) atoms. The second-order valence-electron chi connectivity index (χ2n) is 5.75. The van der Waals surface area contributed by atoms with Crippen molar-refractivity contribution in [3.63, 3.8) is 0 Å². The van der Waals surface area contributed by atoms with Crippen molar-refractivity contribution in [1.82, 2.24) is 4.90 Å². The molecule has 0 spiro atoms. The maximum atomic E-state index is 12.3. The van der Waals surface area contributed by atoms with E-state index in [2.05, 4.69) is 6.92 Å². The Kier molecular flexibility index (Phi) is 5.41. The van der Waals surface area contributed by atoms with Gasteiger partial charge >= 0.3 is 6.09 Å². The zero-order valence-electron chi connectivity index (χ0n) is 12.2. The number of nitrogens with zero attached hydrogens (tertiary/aromatic N) is 1. The molecule has 1 atom stereocenters. The van der Waals surface area contributed by atoms with E-state index in [1.165, 1.54) is 4.90 Å². The highest BCUT2D eigenvalue weighted by atomic mass is 127. The minimum atomic E-state index is -0.552. The van der Waals surface area contributed by atoms with E-state index in [1.807, 2.05) is 43.4 Å². The Balaban J connectivity index is 2.96. The first-order valence-electron chi connectivity index (χ1n) is 6.64. The molecule has 0 aromatic rings. The van der Waals surface area contributed by atoms with E-state index in [1.54, 1.807) is 6.92 Å². The molecule has 1 heterocycles. The molecule has 0 fully saturated rings. The van der Waals surface area contributed by atoms with E-state index < -0.39 is 17.7 Å². The molecule has 0 aromatic carbocycles. The molecular weight excluding hydrogens is 357 g/mol. The Morgan fingerprint density at radius 3 is 2.47 bits per heavy atom. The molecule has 1 rings (SSSR count). The topological polar surface area (TPSA) is 46.6 Å². The highest BCUT2D eigenvalue weighted by Gasteiger charge is 2.40. The minimum Gasteiger partial charge on any atom is -0.443 e. The zero-order valence-corrected chi connectivity index (χ0v) is 14.4. The van der Waals surface area contributed by atoms with Crippen molar-refractivity contribution in [2.24, 2.45) is 0 Å². The predicted molar refractivity (Wildman–Crippen MR) is 83.1 cm³/mol. The number of unbranched alkanes of at least 4 members (excludes halogenated alkanes) is 1. The summed E-state index contributed by atoms with van der Waals surface area (Å²) in [5, 5.41) is 0. The van der Waals surface area contributed by atoms with Crippen LogP contribution in [0.3, 0.4) is 0 Å². The highest BCUT2D eigenvalue weighted by Crippen LogP contribution is 2.34. The lowest BCUT2D eigenvalue weighted by Crippen LogP contribution is -2.40. The predicted octanol–water partition coefficient (Wildman–Crippen LogP) is 4.03. The van der Waals surface area contributed by atoms with Crippen LogP contribution in [0.15, 0.2) is 9.28 Å². The Hall–Kier alpha value is -0.590. The Labute approximate surface area is 128 Å². The van der Waals surface area contributed by atoms with Crippen molar-refractivity contribution in [2.45, 2.75) is 65.5 Å². The van der Waals surface area contributed by atoms with E-state index in [9.17, 15) is 9.59 Å². The molecule has 0 saturated carbocycles. The van der Waals surface area contributed by atoms with Gasteiger partial charge in [-0.1, -0.05) is 13.3 Å². The molecule has 0 aromatic heterocycles. The first-order valence-corrected chi connectivity index (χ1v) is 7.72. The van der Waals surface area contributed by atoms with E-state index in [-0.39, 0.29) is 5.78 Å². The van der Waals surface area contributed by atoms with Crippen LogP contribution < -0.4 is 0 Å². The van der Waals surface area contributed by atoms with E-state index in [0.717, 1.165) is 25.0 Å². The lowest BCUT2D eigenvalue weighted by Gasteiger charge is -2.28. The highest BCUT2D eigenvalue weighted by molar-refractivity contribution is 14.1. The van der Waals surface area contributed by atoms with Gasteiger partial charge in [-0.25, -0.2) is 4.79 Å². The normalized spacial score (nSPS) is 20.2. The van der Waals surface area contributed by atoms with Crippen molar-refractivity contribution in [3.05, 3.63) is 9.28 Å². The molecule has 1 amide bonds. The summed E-state index contributed by atoms with van der Waals surface area (Å²) >= 11 is 2.04. The Morgan fingerprint density at radius 2 is 2.00 bits per heavy atom. The van der Waals surface area contributed by atoms with Crippen LogP contribution in [-0.2, 0) is 9.53 Å². The number of hydrogen-bond acceptors (Lipinski definition) is 3. The first kappa shape index (κ1) is 16.5. The quantitative estimate of drug-likeness (QED) is 0.696. The van der Waals surface area contributed by atoms with Crippen molar-refractivity contribution >= 4 is 34.5 Å². The van der Waals surface area contributed by atoms with Crippen molar-refractivity contribution in [3.8, 4) is 0 Å². The molecule has 108 valence electrons. The summed E-state index contributed by atoms with van der Waals surface area (Å²) < 4.78 is 6.07. The van der Waals surface area contributed by atoms with Crippen molar-refractivity contribution < 1.29 is 14.3 Å². The SMILES string of the molecule is CCCCC1=C(I)C(=O)[C@H](C)N1C(=O)OC(C)(C)C. The van der Waals surface area contributed by atoms with Gasteiger partial charge in [-0.15, -0.1) is 0 Å². The number of allylic oxidation sites excluding steroid dienone is 1. The third-order valence-electron chi connectivity index (χ3n) is 2.88. The number of carbonyl (C=O) groups excluding carboxylic acids is 2. The van der Waals surface area contributed by atoms with Crippen LogP contribution in [0.2, 0.25) is 0 Å². The standard InChI is InChI=1S/C14H22INO3/c1-6-7-8-10-11(15)12(17)9(2)16(10)13(18)19-14(3,4)5/h9H,6-8H2,1-5H3/t9-/m0/s1. The molecule has 0 bridgehead atoms. The van der Waals surface area contributed by atoms with Gasteiger partial charge in [0, 0.05) is 5.70 Å². The van der Waals surface area contributed by atoms with E-state index in [0.29, 0.717) is 3.58 Å². The fourth-order valence-electron chi connectivity index (χ4n) is 1.94. The summed E-state index contributed by atoms with van der Waals surface area (Å²) in [6.07, 6.45) is 2.30. The fourth-order valence-corrected chi connectivity index (χ4v) is 2.92. The minimum absolute atomic E-state index is 0.0116. The molecule has 0 radical (unpaired) electrons. The smallest absolute Gasteiger partial charge is 0.415 e. The molecule has 4 nitrogen and oxygen atoms in total. The summed E-state index contributed by atoms with van der Waals surface area (Å²) in [7, 11) is 0. The van der Waals surface area contributed by atoms with Gasteiger partial charge in [0.15, 0.2) is 5.78 Å². The molecule has 0 unspecified atom stereocenters. The number of hydrogen-bond donors (Lipinski definition) is 0. The molecule has 0 aliphatic carbocycles. The van der Waals surface area contributed by atoms with Gasteiger partial charge in [-0.05, 0) is 63.1 Å². The monoisotopic (exact) mass is 379 g/mol. The number of halogens is 1. The van der Waals surface area contributed by atoms with Gasteiger partial charge in [0.25, 0.3) is 0 Å². The lowest BCUT2D eigenvalue weighted by atomic mass is 10.2. The number of rotatable bonds is 3. The first-order chi connectivity index (χ1) is 8.69. The third-order valence-corrected chi connectivity index (χ3v) is 4.04. The molecule has 0 saturated heterocycles. The number of amides is 1. The van der Waals surface area contributed by atoms with Gasteiger partial charge in [0.05, 0.1) is 3.58 Å². The van der Waals surface area contributed by atoms with Gasteiger partial charge in [0.2, 0.25) is 0 Å². The summed E-state index contributed by atoms with van der Waals surface area (Å²) in [4.78, 5) is 25.8. The molecule has 0 N–H and O–H groups in total. The average Bonchev–Trinajstić information content (AvgIpc) is 2.48. The third kappa shape index (κ3) is 3.94. The number of carbonyl (C=O) groups is 2. The summed E-state index contributed by atoms with van der Waals surface area (Å²) in [6, 6.07) is -0.450. The number of ether oxygens (including phenoxy) is 1. The van der Waals surface area contributed by atoms with Gasteiger partial charge < -0.3 is 4.74 Å². The maximum Gasteiger partial charge on any atom is 0.415 e. The maximum absolute atomic E-state index is 12.3. The largest absolute Gasteiger partial charge is 0.443 e. The molecule has 1 aliphatic heterocycles. The van der Waals surface area contributed by atoms with Crippen LogP contribution in [0.4, 0.5) is 4.79 Å². The average molecular weight is 379 g/mol. The van der Waals surface area contributed by atoms with Gasteiger partial charge in [-0.3, -0.25) is 9.69 Å². The van der Waals surface area contributed by atoms with Crippen LogP contribution in [0.25, 0.3) is 0 Å². The van der Waals surface area contributed by atoms with Crippen LogP contribution in [0.1, 0.15) is 53.9 Å². The van der Waals surface area contributed by atoms with E-state index in [4.69, 9.17) is 4.74 Å². The van der Waals surface area contributed by atoms with Crippen LogP contribution in [0, 0.1) is 0 Å². The fraction of sp³-hybridized carbons (Fsp3) is 0.714. The Bertz CT molecular complexity index is 409. The van der Waals surface area contributed by atoms with Crippen molar-refractivity contribution in [2.75, 3.05) is 0 Å². The number of Topliss-reactive ketones (excluding diaryl/α,β-unsaturated/α-hetero) is 1. The zero-order chi connectivity index (χ0) is 14.8.